The highest BCUT2D eigenvalue weighted by Crippen LogP contribution is 2.21. The van der Waals surface area contributed by atoms with E-state index in [0.717, 1.165) is 17.1 Å². The molecular formula is C10H11N3OS. The van der Waals surface area contributed by atoms with Crippen LogP contribution in [-0.2, 0) is 5.75 Å². The van der Waals surface area contributed by atoms with E-state index in [1.165, 1.54) is 11.8 Å². The van der Waals surface area contributed by atoms with Crippen LogP contribution in [0.3, 0.4) is 0 Å². The number of rotatable bonds is 3. The van der Waals surface area contributed by atoms with E-state index in [1.807, 2.05) is 13.0 Å². The van der Waals surface area contributed by atoms with E-state index >= 15 is 0 Å². The normalized spacial score (nSPS) is 10.5. The minimum absolute atomic E-state index is 0.577. The number of furan rings is 1. The zero-order valence-electron chi connectivity index (χ0n) is 8.30. The van der Waals surface area contributed by atoms with Crippen molar-refractivity contribution in [1.29, 1.82) is 0 Å². The molecule has 2 aromatic heterocycles. The van der Waals surface area contributed by atoms with Gasteiger partial charge in [-0.15, -0.1) is 0 Å². The largest absolute Gasteiger partial charge is 0.468 e. The molecule has 0 saturated heterocycles. The van der Waals surface area contributed by atoms with E-state index in [-0.39, 0.29) is 0 Å². The summed E-state index contributed by atoms with van der Waals surface area (Å²) in [6, 6.07) is 1.94. The fourth-order valence-corrected chi connectivity index (χ4v) is 1.89. The molecule has 4 nitrogen and oxygen atoms in total. The Morgan fingerprint density at radius 2 is 2.13 bits per heavy atom. The molecule has 0 saturated carbocycles. The summed E-state index contributed by atoms with van der Waals surface area (Å²) in [5.74, 6) is 1.70. The van der Waals surface area contributed by atoms with E-state index in [4.69, 9.17) is 10.2 Å². The Labute approximate surface area is 91.9 Å². The summed E-state index contributed by atoms with van der Waals surface area (Å²) in [6.07, 6.45) is 4.89. The topological polar surface area (TPSA) is 64.9 Å². The van der Waals surface area contributed by atoms with Crippen LogP contribution in [0.5, 0.6) is 0 Å². The van der Waals surface area contributed by atoms with Crippen LogP contribution in [0.15, 0.2) is 34.3 Å². The first-order valence-corrected chi connectivity index (χ1v) is 5.47. The van der Waals surface area contributed by atoms with Gasteiger partial charge in [-0.2, -0.15) is 0 Å². The molecule has 0 fully saturated rings. The Hall–Kier alpha value is -1.49. The lowest BCUT2D eigenvalue weighted by atomic mass is 10.3. The van der Waals surface area contributed by atoms with Gasteiger partial charge in [-0.25, -0.2) is 9.97 Å². The van der Waals surface area contributed by atoms with E-state index in [2.05, 4.69) is 9.97 Å². The molecule has 5 heteroatoms. The van der Waals surface area contributed by atoms with Crippen LogP contribution >= 0.6 is 11.8 Å². The molecule has 2 N–H and O–H groups in total. The van der Waals surface area contributed by atoms with Crippen LogP contribution in [0.1, 0.15) is 11.3 Å². The second kappa shape index (κ2) is 4.35. The summed E-state index contributed by atoms with van der Waals surface area (Å²) in [5.41, 5.74) is 7.22. The summed E-state index contributed by atoms with van der Waals surface area (Å²) in [4.78, 5) is 8.19. The molecule has 0 aliphatic rings. The highest BCUT2D eigenvalue weighted by atomic mass is 32.2. The second-order valence-corrected chi connectivity index (χ2v) is 4.06. The van der Waals surface area contributed by atoms with Crippen molar-refractivity contribution in [2.45, 2.75) is 17.8 Å². The quantitative estimate of drug-likeness (QED) is 0.636. The van der Waals surface area contributed by atoms with E-state index in [9.17, 15) is 0 Å². The first-order chi connectivity index (χ1) is 7.25. The molecule has 0 spiro atoms. The van der Waals surface area contributed by atoms with E-state index < -0.39 is 0 Å². The zero-order valence-corrected chi connectivity index (χ0v) is 9.12. The standard InChI is InChI=1S/C10H11N3OS/c1-7-2-3-14-9(7)6-15-10-12-4-8(11)5-13-10/h2-5H,6,11H2,1H3. The lowest BCUT2D eigenvalue weighted by molar-refractivity contribution is 0.527. The molecule has 2 aromatic rings. The van der Waals surface area contributed by atoms with E-state index in [0.29, 0.717) is 10.8 Å². The van der Waals surface area contributed by atoms with Crippen molar-refractivity contribution in [3.8, 4) is 0 Å². The van der Waals surface area contributed by atoms with E-state index in [1.54, 1.807) is 18.7 Å². The summed E-state index contributed by atoms with van der Waals surface area (Å²) < 4.78 is 5.31. The number of nitrogen functional groups attached to an aromatic ring is 1. The van der Waals surface area contributed by atoms with Crippen molar-refractivity contribution in [3.05, 3.63) is 36.0 Å². The van der Waals surface area contributed by atoms with Crippen LogP contribution in [0.2, 0.25) is 0 Å². The zero-order chi connectivity index (χ0) is 10.7. The van der Waals surface area contributed by atoms with Crippen molar-refractivity contribution < 1.29 is 4.42 Å². The molecule has 0 amide bonds. The van der Waals surface area contributed by atoms with Crippen molar-refractivity contribution in [2.75, 3.05) is 5.73 Å². The van der Waals surface area contributed by atoms with Gasteiger partial charge in [-0.1, -0.05) is 11.8 Å². The predicted octanol–water partition coefficient (Wildman–Crippen LogP) is 2.25. The molecule has 15 heavy (non-hydrogen) atoms. The maximum Gasteiger partial charge on any atom is 0.188 e. The molecule has 0 aliphatic carbocycles. The lowest BCUT2D eigenvalue weighted by Gasteiger charge is -1.98. The van der Waals surface area contributed by atoms with Crippen molar-refractivity contribution in [2.24, 2.45) is 0 Å². The maximum absolute atomic E-state index is 5.49. The summed E-state index contributed by atoms with van der Waals surface area (Å²) in [5, 5.41) is 0.708. The summed E-state index contributed by atoms with van der Waals surface area (Å²) in [6.45, 7) is 2.02. The SMILES string of the molecule is Cc1ccoc1CSc1ncc(N)cn1. The fourth-order valence-electron chi connectivity index (χ4n) is 1.08. The molecule has 0 aromatic carbocycles. The fraction of sp³-hybridized carbons (Fsp3) is 0.200. The van der Waals surface area contributed by atoms with Gasteiger partial charge in [0.25, 0.3) is 0 Å². The van der Waals surface area contributed by atoms with Gasteiger partial charge in [0.15, 0.2) is 5.16 Å². The predicted molar refractivity (Wildman–Crippen MR) is 59.5 cm³/mol. The number of nitrogens with two attached hydrogens (primary N) is 1. The lowest BCUT2D eigenvalue weighted by Crippen LogP contribution is -1.91. The van der Waals surface area contributed by atoms with Crippen molar-refractivity contribution >= 4 is 17.4 Å². The molecule has 0 aliphatic heterocycles. The Bertz CT molecular complexity index is 438. The third-order valence-corrected chi connectivity index (χ3v) is 2.82. The van der Waals surface area contributed by atoms with Crippen LogP contribution < -0.4 is 5.73 Å². The highest BCUT2D eigenvalue weighted by molar-refractivity contribution is 7.98. The maximum atomic E-state index is 5.49. The third kappa shape index (κ3) is 2.50. The van der Waals surface area contributed by atoms with Gasteiger partial charge < -0.3 is 10.2 Å². The van der Waals surface area contributed by atoms with Crippen LogP contribution in [0.4, 0.5) is 5.69 Å². The Kier molecular flexibility index (Phi) is 2.91. The molecule has 78 valence electrons. The number of hydrogen-bond acceptors (Lipinski definition) is 5. The third-order valence-electron chi connectivity index (χ3n) is 1.95. The molecule has 0 unspecified atom stereocenters. The summed E-state index contributed by atoms with van der Waals surface area (Å²) >= 11 is 1.53. The molecular weight excluding hydrogens is 210 g/mol. The number of nitrogens with zero attached hydrogens (tertiary/aromatic N) is 2. The number of aromatic nitrogens is 2. The first-order valence-electron chi connectivity index (χ1n) is 4.49. The molecule has 2 rings (SSSR count). The Balaban J connectivity index is 1.99. The number of hydrogen-bond donors (Lipinski definition) is 1. The van der Waals surface area contributed by atoms with Crippen molar-refractivity contribution in [3.63, 3.8) is 0 Å². The van der Waals surface area contributed by atoms with Crippen molar-refractivity contribution in [1.82, 2.24) is 9.97 Å². The van der Waals surface area contributed by atoms with Crippen LogP contribution in [0.25, 0.3) is 0 Å². The van der Waals surface area contributed by atoms with Gasteiger partial charge in [0.2, 0.25) is 0 Å². The average Bonchev–Trinajstić information content (AvgIpc) is 2.63. The van der Waals surface area contributed by atoms with Gasteiger partial charge in [0.05, 0.1) is 30.1 Å². The average molecular weight is 221 g/mol. The van der Waals surface area contributed by atoms with Gasteiger partial charge in [-0.3, -0.25) is 0 Å². The molecule has 0 atom stereocenters. The molecule has 0 radical (unpaired) electrons. The Morgan fingerprint density at radius 3 is 2.73 bits per heavy atom. The first kappa shape index (κ1) is 10.0. The smallest absolute Gasteiger partial charge is 0.188 e. The van der Waals surface area contributed by atoms with Gasteiger partial charge in [0, 0.05) is 0 Å². The minimum atomic E-state index is 0.577. The van der Waals surface area contributed by atoms with Crippen LogP contribution in [-0.4, -0.2) is 9.97 Å². The van der Waals surface area contributed by atoms with Gasteiger partial charge >= 0.3 is 0 Å². The number of anilines is 1. The van der Waals surface area contributed by atoms with Gasteiger partial charge in [0.1, 0.15) is 5.76 Å². The second-order valence-electron chi connectivity index (χ2n) is 3.11. The monoisotopic (exact) mass is 221 g/mol. The molecule has 0 bridgehead atoms. The minimum Gasteiger partial charge on any atom is -0.468 e. The van der Waals surface area contributed by atoms with Gasteiger partial charge in [-0.05, 0) is 18.6 Å². The van der Waals surface area contributed by atoms with Crippen LogP contribution in [0, 0.1) is 6.92 Å². The number of thioether (sulfide) groups is 1. The molecule has 2 heterocycles. The summed E-state index contributed by atoms with van der Waals surface area (Å²) in [7, 11) is 0. The Morgan fingerprint density at radius 1 is 1.40 bits per heavy atom. The number of aryl methyl sites for hydroxylation is 1. The highest BCUT2D eigenvalue weighted by Gasteiger charge is 2.04.